The average Bonchev–Trinajstić information content (AvgIpc) is 3.11. The van der Waals surface area contributed by atoms with Gasteiger partial charge in [-0.1, -0.05) is 0 Å². The number of H-pyrrole nitrogens is 1. The number of aromatic amines is 1. The third-order valence-corrected chi connectivity index (χ3v) is 4.04. The van der Waals surface area contributed by atoms with Gasteiger partial charge in [-0.15, -0.1) is 0 Å². The van der Waals surface area contributed by atoms with E-state index < -0.39 is 17.5 Å². The maximum absolute atomic E-state index is 13.6. The second-order valence-corrected chi connectivity index (χ2v) is 5.72. The first-order valence-electron chi connectivity index (χ1n) is 7.51. The number of hydrogen-bond donors (Lipinski definition) is 1. The number of hydrogen-bond acceptors (Lipinski definition) is 5. The number of aryl methyl sites for hydroxylation is 1. The standard InChI is InChI=1S/C16H15F2N3O3S/c1-23-6-3-5-21-14-12(15(22)20-16(21)25)9(13(17)18)8-10(19-14)11-4-2-7-24-11/h2,4,7-8,13H,3,5-6H2,1H3,(H,20,22,25). The molecule has 0 aromatic carbocycles. The molecule has 0 aliphatic heterocycles. The van der Waals surface area contributed by atoms with Crippen LogP contribution in [0, 0.1) is 4.77 Å². The Morgan fingerprint density at radius 2 is 2.28 bits per heavy atom. The third kappa shape index (κ3) is 3.38. The van der Waals surface area contributed by atoms with Gasteiger partial charge in [-0.25, -0.2) is 13.8 Å². The van der Waals surface area contributed by atoms with Gasteiger partial charge in [0.05, 0.1) is 11.6 Å². The molecule has 6 nitrogen and oxygen atoms in total. The quantitative estimate of drug-likeness (QED) is 0.531. The van der Waals surface area contributed by atoms with Crippen LogP contribution >= 0.6 is 12.2 Å². The molecule has 0 aliphatic carbocycles. The van der Waals surface area contributed by atoms with Crippen molar-refractivity contribution in [1.29, 1.82) is 0 Å². The number of halogens is 2. The number of rotatable bonds is 6. The highest BCUT2D eigenvalue weighted by atomic mass is 32.1. The number of ether oxygens (including phenoxy) is 1. The highest BCUT2D eigenvalue weighted by Gasteiger charge is 2.21. The van der Waals surface area contributed by atoms with Crippen LogP contribution in [-0.2, 0) is 11.3 Å². The van der Waals surface area contributed by atoms with Crippen LogP contribution in [0.2, 0.25) is 0 Å². The van der Waals surface area contributed by atoms with Crippen LogP contribution in [-0.4, -0.2) is 28.3 Å². The van der Waals surface area contributed by atoms with Gasteiger partial charge in [0.2, 0.25) is 0 Å². The molecule has 1 N–H and O–H groups in total. The number of alkyl halides is 2. The maximum atomic E-state index is 13.6. The molecule has 0 unspecified atom stereocenters. The predicted molar refractivity (Wildman–Crippen MR) is 90.3 cm³/mol. The molecule has 3 aromatic heterocycles. The number of pyridine rings is 1. The molecule has 0 spiro atoms. The fraction of sp³-hybridized carbons (Fsp3) is 0.312. The molecule has 25 heavy (non-hydrogen) atoms. The van der Waals surface area contributed by atoms with Crippen LogP contribution in [0.15, 0.2) is 33.7 Å². The summed E-state index contributed by atoms with van der Waals surface area (Å²) in [7, 11) is 1.56. The molecule has 0 saturated carbocycles. The van der Waals surface area contributed by atoms with Gasteiger partial charge in [0.15, 0.2) is 10.5 Å². The van der Waals surface area contributed by atoms with Gasteiger partial charge < -0.3 is 13.7 Å². The molecule has 3 aromatic rings. The summed E-state index contributed by atoms with van der Waals surface area (Å²) in [5, 5.41) is -0.170. The van der Waals surface area contributed by atoms with E-state index in [1.807, 2.05) is 0 Å². The van der Waals surface area contributed by atoms with E-state index in [4.69, 9.17) is 21.4 Å². The molecule has 0 saturated heterocycles. The molecular weight excluding hydrogens is 352 g/mol. The lowest BCUT2D eigenvalue weighted by Gasteiger charge is -2.13. The van der Waals surface area contributed by atoms with Gasteiger partial charge in [0.25, 0.3) is 12.0 Å². The highest BCUT2D eigenvalue weighted by Crippen LogP contribution is 2.29. The van der Waals surface area contributed by atoms with Crippen LogP contribution in [0.5, 0.6) is 0 Å². The zero-order chi connectivity index (χ0) is 18.0. The first-order valence-corrected chi connectivity index (χ1v) is 7.92. The molecule has 3 heterocycles. The van der Waals surface area contributed by atoms with Crippen molar-refractivity contribution in [3.05, 3.63) is 45.2 Å². The first-order chi connectivity index (χ1) is 12.0. The number of fused-ring (bicyclic) bond motifs is 1. The van der Waals surface area contributed by atoms with Crippen molar-refractivity contribution in [2.45, 2.75) is 19.4 Å². The third-order valence-electron chi connectivity index (χ3n) is 3.72. The number of nitrogens with one attached hydrogen (secondary N) is 1. The fourth-order valence-corrected chi connectivity index (χ4v) is 2.87. The summed E-state index contributed by atoms with van der Waals surface area (Å²) in [6.45, 7) is 0.833. The summed E-state index contributed by atoms with van der Waals surface area (Å²) in [5.41, 5.74) is -0.771. The van der Waals surface area contributed by atoms with Crippen molar-refractivity contribution in [3.8, 4) is 11.5 Å². The Morgan fingerprint density at radius 1 is 1.48 bits per heavy atom. The smallest absolute Gasteiger partial charge is 0.264 e. The molecule has 0 amide bonds. The van der Waals surface area contributed by atoms with E-state index in [1.165, 1.54) is 16.9 Å². The molecule has 0 atom stereocenters. The Kier molecular flexibility index (Phi) is 5.05. The minimum atomic E-state index is -2.84. The van der Waals surface area contributed by atoms with Crippen molar-refractivity contribution in [2.24, 2.45) is 0 Å². The fourth-order valence-electron chi connectivity index (χ4n) is 2.60. The van der Waals surface area contributed by atoms with Crippen molar-refractivity contribution in [2.75, 3.05) is 13.7 Å². The molecule has 132 valence electrons. The first kappa shape index (κ1) is 17.4. The van der Waals surface area contributed by atoms with Gasteiger partial charge in [-0.2, -0.15) is 0 Å². The van der Waals surface area contributed by atoms with Gasteiger partial charge in [0, 0.05) is 25.8 Å². The van der Waals surface area contributed by atoms with Gasteiger partial charge >= 0.3 is 0 Å². The van der Waals surface area contributed by atoms with Crippen LogP contribution in [0.4, 0.5) is 8.78 Å². The Hall–Kier alpha value is -2.39. The minimum Gasteiger partial charge on any atom is -0.463 e. The number of furan rings is 1. The number of nitrogens with zero attached hydrogens (tertiary/aromatic N) is 2. The summed E-state index contributed by atoms with van der Waals surface area (Å²) in [5.74, 6) is 0.332. The average molecular weight is 367 g/mol. The van der Waals surface area contributed by atoms with Crippen LogP contribution in [0.1, 0.15) is 18.4 Å². The van der Waals surface area contributed by atoms with Gasteiger partial charge in [0.1, 0.15) is 11.3 Å². The lowest BCUT2D eigenvalue weighted by molar-refractivity contribution is 0.153. The predicted octanol–water partition coefficient (Wildman–Crippen LogP) is 3.69. The second kappa shape index (κ2) is 7.24. The minimum absolute atomic E-state index is 0.106. The van der Waals surface area contributed by atoms with Crippen molar-refractivity contribution in [1.82, 2.24) is 14.5 Å². The SMILES string of the molecule is COCCCn1c(=S)[nH]c(=O)c2c(C(F)F)cc(-c3ccco3)nc21. The largest absolute Gasteiger partial charge is 0.463 e. The molecule has 0 aliphatic rings. The van der Waals surface area contributed by atoms with E-state index in [1.54, 1.807) is 19.2 Å². The highest BCUT2D eigenvalue weighted by molar-refractivity contribution is 7.71. The zero-order valence-electron chi connectivity index (χ0n) is 13.3. The van der Waals surface area contributed by atoms with Crippen LogP contribution in [0.3, 0.4) is 0 Å². The van der Waals surface area contributed by atoms with Crippen LogP contribution in [0.25, 0.3) is 22.5 Å². The molecule has 3 rings (SSSR count). The summed E-state index contributed by atoms with van der Waals surface area (Å²) >= 11 is 5.18. The van der Waals surface area contributed by atoms with E-state index in [0.717, 1.165) is 0 Å². The molecule has 0 fully saturated rings. The lowest BCUT2D eigenvalue weighted by atomic mass is 10.1. The van der Waals surface area contributed by atoms with Crippen molar-refractivity contribution >= 4 is 23.3 Å². The maximum Gasteiger partial charge on any atom is 0.264 e. The molecule has 0 bridgehead atoms. The topological polar surface area (TPSA) is 73.0 Å². The molecule has 9 heteroatoms. The second-order valence-electron chi connectivity index (χ2n) is 5.33. The normalized spacial score (nSPS) is 11.5. The van der Waals surface area contributed by atoms with Gasteiger partial charge in [-0.05, 0) is 36.8 Å². The Labute approximate surface area is 146 Å². The Morgan fingerprint density at radius 3 is 2.92 bits per heavy atom. The zero-order valence-corrected chi connectivity index (χ0v) is 14.1. The summed E-state index contributed by atoms with van der Waals surface area (Å²) in [4.78, 5) is 19.1. The molecule has 0 radical (unpaired) electrons. The Bertz CT molecular complexity index is 996. The van der Waals surface area contributed by atoms with E-state index in [2.05, 4.69) is 9.97 Å². The van der Waals surface area contributed by atoms with E-state index in [-0.39, 0.29) is 21.5 Å². The van der Waals surface area contributed by atoms with Crippen LogP contribution < -0.4 is 5.56 Å². The van der Waals surface area contributed by atoms with E-state index >= 15 is 0 Å². The van der Waals surface area contributed by atoms with Crippen molar-refractivity contribution < 1.29 is 17.9 Å². The summed E-state index contributed by atoms with van der Waals surface area (Å²) in [6, 6.07) is 4.41. The van der Waals surface area contributed by atoms with E-state index in [9.17, 15) is 13.6 Å². The summed E-state index contributed by atoms with van der Waals surface area (Å²) in [6.07, 6.45) is -0.835. The van der Waals surface area contributed by atoms with Gasteiger partial charge in [-0.3, -0.25) is 9.78 Å². The number of aromatic nitrogens is 3. The Balaban J connectivity index is 2.32. The molecular formula is C16H15F2N3O3S. The monoisotopic (exact) mass is 367 g/mol. The summed E-state index contributed by atoms with van der Waals surface area (Å²) < 4.78 is 39.1. The lowest BCUT2D eigenvalue weighted by Crippen LogP contribution is -2.18. The van der Waals surface area contributed by atoms with Crippen molar-refractivity contribution in [3.63, 3.8) is 0 Å². The van der Waals surface area contributed by atoms with E-state index in [0.29, 0.717) is 25.3 Å². The number of methoxy groups -OCH3 is 1.